The second-order valence-electron chi connectivity index (χ2n) is 4.63. The summed E-state index contributed by atoms with van der Waals surface area (Å²) in [6.45, 7) is 6.09. The van der Waals surface area contributed by atoms with Gasteiger partial charge in [-0.25, -0.2) is 0 Å². The summed E-state index contributed by atoms with van der Waals surface area (Å²) < 4.78 is 1.32. The first-order valence-corrected chi connectivity index (χ1v) is 7.35. The van der Waals surface area contributed by atoms with Gasteiger partial charge in [-0.05, 0) is 6.07 Å². The first kappa shape index (κ1) is 11.5. The van der Waals surface area contributed by atoms with Gasteiger partial charge in [0.25, 0.3) is 0 Å². The summed E-state index contributed by atoms with van der Waals surface area (Å²) in [6, 6.07) is 8.43. The van der Waals surface area contributed by atoms with Crippen molar-refractivity contribution in [3.05, 3.63) is 34.2 Å². The molecule has 0 spiro atoms. The Morgan fingerprint density at radius 2 is 2.00 bits per heavy atom. The molecule has 2 aromatic rings. The molecule has 1 aliphatic heterocycles. The molecular formula is C13H17ClN2S+2. The van der Waals surface area contributed by atoms with E-state index in [1.807, 2.05) is 11.3 Å². The highest BCUT2D eigenvalue weighted by atomic mass is 35.5. The van der Waals surface area contributed by atoms with Crippen molar-refractivity contribution in [3.63, 3.8) is 0 Å². The number of nitrogens with one attached hydrogen (secondary N) is 1. The van der Waals surface area contributed by atoms with Gasteiger partial charge in [-0.3, -0.25) is 0 Å². The van der Waals surface area contributed by atoms with Gasteiger partial charge in [-0.15, -0.1) is 11.3 Å². The number of fused-ring (bicyclic) bond motifs is 1. The minimum Gasteiger partial charge on any atom is -0.337 e. The molecular weight excluding hydrogens is 252 g/mol. The number of quaternary nitrogens is 2. The molecule has 0 saturated carbocycles. The van der Waals surface area contributed by atoms with E-state index in [1.54, 1.807) is 4.90 Å². The van der Waals surface area contributed by atoms with E-state index in [0.717, 1.165) is 11.6 Å². The Kier molecular flexibility index (Phi) is 3.34. The van der Waals surface area contributed by atoms with Crippen LogP contribution < -0.4 is 10.2 Å². The Hall–Kier alpha value is -0.610. The zero-order chi connectivity index (χ0) is 11.7. The van der Waals surface area contributed by atoms with Crippen molar-refractivity contribution in [2.24, 2.45) is 0 Å². The van der Waals surface area contributed by atoms with Crippen molar-refractivity contribution in [2.75, 3.05) is 26.2 Å². The van der Waals surface area contributed by atoms with Crippen LogP contribution in [0.2, 0.25) is 5.02 Å². The predicted octanol–water partition coefficient (Wildman–Crippen LogP) is 0.517. The molecule has 0 unspecified atom stereocenters. The SMILES string of the molecule is Clc1c(C[NH+]2CC[NH2+]CC2)sc2ccccc12. The van der Waals surface area contributed by atoms with Gasteiger partial charge in [0.05, 0.1) is 9.90 Å². The molecule has 1 fully saturated rings. The van der Waals surface area contributed by atoms with Crippen LogP contribution in [0.25, 0.3) is 10.1 Å². The molecule has 4 heteroatoms. The number of benzene rings is 1. The van der Waals surface area contributed by atoms with Gasteiger partial charge in [0.15, 0.2) is 0 Å². The maximum Gasteiger partial charge on any atom is 0.127 e. The normalized spacial score (nSPS) is 17.7. The van der Waals surface area contributed by atoms with E-state index in [-0.39, 0.29) is 0 Å². The van der Waals surface area contributed by atoms with Crippen LogP contribution in [-0.2, 0) is 6.54 Å². The molecule has 2 heterocycles. The highest BCUT2D eigenvalue weighted by Gasteiger charge is 2.19. The van der Waals surface area contributed by atoms with Gasteiger partial charge in [0.1, 0.15) is 32.7 Å². The second-order valence-corrected chi connectivity index (χ2v) is 6.14. The van der Waals surface area contributed by atoms with E-state index < -0.39 is 0 Å². The van der Waals surface area contributed by atoms with Crippen molar-refractivity contribution in [1.29, 1.82) is 0 Å². The fourth-order valence-electron chi connectivity index (χ4n) is 2.46. The lowest BCUT2D eigenvalue weighted by Crippen LogP contribution is -3.19. The maximum atomic E-state index is 6.47. The summed E-state index contributed by atoms with van der Waals surface area (Å²) >= 11 is 8.32. The molecule has 17 heavy (non-hydrogen) atoms. The number of halogens is 1. The van der Waals surface area contributed by atoms with Crippen LogP contribution in [-0.4, -0.2) is 26.2 Å². The fraction of sp³-hybridized carbons (Fsp3) is 0.385. The first-order valence-electron chi connectivity index (χ1n) is 6.16. The number of rotatable bonds is 2. The van der Waals surface area contributed by atoms with Crippen molar-refractivity contribution < 1.29 is 10.2 Å². The molecule has 3 N–H and O–H groups in total. The highest BCUT2D eigenvalue weighted by molar-refractivity contribution is 7.19. The molecule has 3 rings (SSSR count). The van der Waals surface area contributed by atoms with Crippen LogP contribution in [0.15, 0.2) is 24.3 Å². The van der Waals surface area contributed by atoms with Crippen LogP contribution in [0.3, 0.4) is 0 Å². The Morgan fingerprint density at radius 1 is 1.24 bits per heavy atom. The Bertz CT molecular complexity index is 517. The van der Waals surface area contributed by atoms with E-state index >= 15 is 0 Å². The van der Waals surface area contributed by atoms with Gasteiger partial charge in [0.2, 0.25) is 0 Å². The van der Waals surface area contributed by atoms with Crippen LogP contribution in [0, 0.1) is 0 Å². The van der Waals surface area contributed by atoms with Crippen LogP contribution >= 0.6 is 22.9 Å². The molecule has 1 aromatic heterocycles. The Balaban J connectivity index is 1.87. The number of thiophene rings is 1. The third kappa shape index (κ3) is 2.33. The molecule has 0 radical (unpaired) electrons. The van der Waals surface area contributed by atoms with E-state index in [0.29, 0.717) is 0 Å². The molecule has 0 atom stereocenters. The van der Waals surface area contributed by atoms with Crippen LogP contribution in [0.1, 0.15) is 4.88 Å². The van der Waals surface area contributed by atoms with E-state index in [2.05, 4.69) is 29.6 Å². The largest absolute Gasteiger partial charge is 0.337 e. The van der Waals surface area contributed by atoms with Gasteiger partial charge in [0, 0.05) is 10.1 Å². The molecule has 2 nitrogen and oxygen atoms in total. The van der Waals surface area contributed by atoms with Crippen molar-refractivity contribution >= 4 is 33.0 Å². The summed E-state index contributed by atoms with van der Waals surface area (Å²) in [7, 11) is 0. The summed E-state index contributed by atoms with van der Waals surface area (Å²) in [4.78, 5) is 3.02. The lowest BCUT2D eigenvalue weighted by molar-refractivity contribution is -0.957. The molecule has 0 amide bonds. The second kappa shape index (κ2) is 4.94. The summed E-state index contributed by atoms with van der Waals surface area (Å²) in [5.74, 6) is 0. The first-order chi connectivity index (χ1) is 8.34. The average molecular weight is 269 g/mol. The van der Waals surface area contributed by atoms with Crippen molar-refractivity contribution in [2.45, 2.75) is 6.54 Å². The Labute approximate surface area is 110 Å². The van der Waals surface area contributed by atoms with Crippen molar-refractivity contribution in [1.82, 2.24) is 0 Å². The monoisotopic (exact) mass is 268 g/mol. The molecule has 1 saturated heterocycles. The van der Waals surface area contributed by atoms with Crippen molar-refractivity contribution in [3.8, 4) is 0 Å². The van der Waals surface area contributed by atoms with Crippen LogP contribution in [0.4, 0.5) is 0 Å². The molecule has 0 aliphatic carbocycles. The smallest absolute Gasteiger partial charge is 0.127 e. The minimum absolute atomic E-state index is 0.979. The summed E-state index contributed by atoms with van der Waals surface area (Å²) in [6.07, 6.45) is 0. The molecule has 90 valence electrons. The third-order valence-corrected chi connectivity index (χ3v) is 5.13. The van der Waals surface area contributed by atoms with E-state index in [4.69, 9.17) is 11.6 Å². The van der Waals surface area contributed by atoms with Gasteiger partial charge >= 0.3 is 0 Å². The lowest BCUT2D eigenvalue weighted by Gasteiger charge is -2.21. The Morgan fingerprint density at radius 3 is 2.76 bits per heavy atom. The fourth-order valence-corrected chi connectivity index (χ4v) is 4.04. The van der Waals surface area contributed by atoms with Gasteiger partial charge in [-0.1, -0.05) is 29.8 Å². The quantitative estimate of drug-likeness (QED) is 0.793. The molecule has 1 aromatic carbocycles. The average Bonchev–Trinajstić information content (AvgIpc) is 2.68. The van der Waals surface area contributed by atoms with E-state index in [9.17, 15) is 0 Å². The topological polar surface area (TPSA) is 21.1 Å². The highest BCUT2D eigenvalue weighted by Crippen LogP contribution is 2.34. The van der Waals surface area contributed by atoms with Gasteiger partial charge < -0.3 is 10.2 Å². The zero-order valence-corrected chi connectivity index (χ0v) is 11.3. The number of piperazine rings is 1. The number of hydrogen-bond acceptors (Lipinski definition) is 1. The number of nitrogens with two attached hydrogens (primary N) is 1. The summed E-state index contributed by atoms with van der Waals surface area (Å²) in [5.41, 5.74) is 0. The van der Waals surface area contributed by atoms with Gasteiger partial charge in [-0.2, -0.15) is 0 Å². The standard InChI is InChI=1S/C13H15ClN2S/c14-13-10-3-1-2-4-11(10)17-12(13)9-16-7-5-15-6-8-16/h1-4,15H,5-9H2/p+2. The van der Waals surface area contributed by atoms with E-state index in [1.165, 1.54) is 41.1 Å². The maximum absolute atomic E-state index is 6.47. The third-order valence-electron chi connectivity index (χ3n) is 3.42. The minimum atomic E-state index is 0.979. The van der Waals surface area contributed by atoms with Crippen LogP contribution in [0.5, 0.6) is 0 Å². The molecule has 0 bridgehead atoms. The summed E-state index contributed by atoms with van der Waals surface area (Å²) in [5, 5.41) is 4.60. The predicted molar refractivity (Wildman–Crippen MR) is 72.9 cm³/mol. The zero-order valence-electron chi connectivity index (χ0n) is 9.71. The lowest BCUT2D eigenvalue weighted by atomic mass is 10.2. The molecule has 1 aliphatic rings. The number of hydrogen-bond donors (Lipinski definition) is 2.